The largest absolute Gasteiger partial charge is 0.436 e. The number of hydrogen-bond acceptors (Lipinski definition) is 6. The van der Waals surface area contributed by atoms with Crippen molar-refractivity contribution in [3.8, 4) is 22.8 Å². The van der Waals surface area contributed by atoms with E-state index in [0.29, 0.717) is 29.3 Å². The Kier molecular flexibility index (Phi) is 7.27. The lowest BCUT2D eigenvalue weighted by atomic mass is 10.1. The van der Waals surface area contributed by atoms with E-state index in [9.17, 15) is 9.59 Å². The number of aromatic nitrogens is 1. The number of morpholine rings is 1. The molecule has 0 unspecified atom stereocenters. The third kappa shape index (κ3) is 5.60. The first-order chi connectivity index (χ1) is 15.7. The monoisotopic (exact) mass is 434 g/mol. The molecule has 0 saturated carbocycles. The molecule has 1 fully saturated rings. The van der Waals surface area contributed by atoms with Crippen molar-refractivity contribution < 1.29 is 18.7 Å². The van der Waals surface area contributed by atoms with Crippen LogP contribution in [0.3, 0.4) is 0 Å². The molecule has 1 saturated heterocycles. The van der Waals surface area contributed by atoms with Gasteiger partial charge in [-0.1, -0.05) is 42.5 Å². The summed E-state index contributed by atoms with van der Waals surface area (Å²) in [5, 5.41) is 5.52. The minimum absolute atomic E-state index is 0.100. The number of amides is 2. The van der Waals surface area contributed by atoms with Crippen molar-refractivity contribution in [2.45, 2.75) is 0 Å². The highest BCUT2D eigenvalue weighted by Gasteiger charge is 2.17. The number of benzene rings is 2. The van der Waals surface area contributed by atoms with Gasteiger partial charge in [0.2, 0.25) is 11.8 Å². The molecule has 0 radical (unpaired) electrons. The third-order valence-corrected chi connectivity index (χ3v) is 5.23. The predicted molar refractivity (Wildman–Crippen MR) is 120 cm³/mol. The molecule has 2 aromatic carbocycles. The van der Waals surface area contributed by atoms with E-state index in [4.69, 9.17) is 9.15 Å². The minimum Gasteiger partial charge on any atom is -0.436 e. The Bertz CT molecular complexity index is 1040. The lowest BCUT2D eigenvalue weighted by Gasteiger charge is -2.26. The zero-order valence-electron chi connectivity index (χ0n) is 17.8. The number of hydrogen-bond donors (Lipinski definition) is 2. The lowest BCUT2D eigenvalue weighted by Crippen LogP contribution is -2.43. The van der Waals surface area contributed by atoms with E-state index in [1.165, 1.54) is 0 Å². The molecule has 2 amide bonds. The van der Waals surface area contributed by atoms with Crippen LogP contribution in [0.4, 0.5) is 0 Å². The number of ether oxygens (including phenoxy) is 1. The van der Waals surface area contributed by atoms with Gasteiger partial charge in [0.05, 0.1) is 31.5 Å². The van der Waals surface area contributed by atoms with Crippen LogP contribution in [0, 0.1) is 0 Å². The van der Waals surface area contributed by atoms with E-state index in [1.807, 2.05) is 36.4 Å². The van der Waals surface area contributed by atoms with Crippen molar-refractivity contribution in [2.24, 2.45) is 0 Å². The van der Waals surface area contributed by atoms with E-state index in [2.05, 4.69) is 20.5 Å². The number of rotatable bonds is 8. The molecule has 1 aromatic heterocycles. The van der Waals surface area contributed by atoms with Crippen LogP contribution in [0.1, 0.15) is 10.4 Å². The first-order valence-electron chi connectivity index (χ1n) is 10.7. The van der Waals surface area contributed by atoms with E-state index < -0.39 is 0 Å². The quantitative estimate of drug-likeness (QED) is 0.564. The van der Waals surface area contributed by atoms with Gasteiger partial charge in [-0.2, -0.15) is 0 Å². The zero-order valence-corrected chi connectivity index (χ0v) is 17.8. The Morgan fingerprint density at radius 1 is 0.969 bits per heavy atom. The fourth-order valence-corrected chi connectivity index (χ4v) is 3.50. The van der Waals surface area contributed by atoms with Crippen LogP contribution in [-0.4, -0.2) is 67.6 Å². The molecule has 0 bridgehead atoms. The maximum atomic E-state index is 12.8. The van der Waals surface area contributed by atoms with Crippen molar-refractivity contribution in [3.63, 3.8) is 0 Å². The van der Waals surface area contributed by atoms with Gasteiger partial charge in [-0.15, -0.1) is 0 Å². The normalized spacial score (nSPS) is 14.1. The average Bonchev–Trinajstić information content (AvgIpc) is 3.34. The predicted octanol–water partition coefficient (Wildman–Crippen LogP) is 2.19. The van der Waals surface area contributed by atoms with Gasteiger partial charge in [-0.05, 0) is 12.1 Å². The molecule has 8 heteroatoms. The number of carbonyl (C=O) groups excluding carboxylic acids is 2. The summed E-state index contributed by atoms with van der Waals surface area (Å²) in [5.41, 5.74) is 1.87. The summed E-state index contributed by atoms with van der Waals surface area (Å²) in [5.74, 6) is 0.384. The van der Waals surface area contributed by atoms with Gasteiger partial charge >= 0.3 is 0 Å². The highest BCUT2D eigenvalue weighted by atomic mass is 16.5. The molecule has 0 atom stereocenters. The zero-order chi connectivity index (χ0) is 22.2. The molecular formula is C24H26N4O4. The fraction of sp³-hybridized carbons (Fsp3) is 0.292. The van der Waals surface area contributed by atoms with E-state index in [0.717, 1.165) is 38.4 Å². The molecule has 4 rings (SSSR count). The first-order valence-corrected chi connectivity index (χ1v) is 10.7. The van der Waals surface area contributed by atoms with Gasteiger partial charge in [-0.3, -0.25) is 14.5 Å². The lowest BCUT2D eigenvalue weighted by molar-refractivity contribution is -0.120. The van der Waals surface area contributed by atoms with Crippen LogP contribution >= 0.6 is 0 Å². The van der Waals surface area contributed by atoms with Crippen molar-refractivity contribution in [2.75, 3.05) is 45.9 Å². The second-order valence-corrected chi connectivity index (χ2v) is 7.43. The third-order valence-electron chi connectivity index (χ3n) is 5.23. The van der Waals surface area contributed by atoms with Crippen LogP contribution < -0.4 is 10.6 Å². The van der Waals surface area contributed by atoms with Crippen LogP contribution in [-0.2, 0) is 9.53 Å². The number of nitrogens with zero attached hydrogens (tertiary/aromatic N) is 2. The Balaban J connectivity index is 1.33. The van der Waals surface area contributed by atoms with Crippen LogP contribution in [0.25, 0.3) is 22.8 Å². The Morgan fingerprint density at radius 3 is 2.53 bits per heavy atom. The van der Waals surface area contributed by atoms with Gasteiger partial charge in [0.15, 0.2) is 5.76 Å². The van der Waals surface area contributed by atoms with Gasteiger partial charge in [-0.25, -0.2) is 4.98 Å². The molecule has 3 aromatic rings. The van der Waals surface area contributed by atoms with E-state index in [-0.39, 0.29) is 18.4 Å². The van der Waals surface area contributed by atoms with Crippen molar-refractivity contribution in [1.29, 1.82) is 0 Å². The average molecular weight is 434 g/mol. The molecule has 2 N–H and O–H groups in total. The van der Waals surface area contributed by atoms with E-state index in [1.54, 1.807) is 24.4 Å². The second-order valence-electron chi connectivity index (χ2n) is 7.43. The molecule has 0 spiro atoms. The Labute approximate surface area is 186 Å². The summed E-state index contributed by atoms with van der Waals surface area (Å²) in [4.78, 5) is 31.5. The fourth-order valence-electron chi connectivity index (χ4n) is 3.50. The Morgan fingerprint density at radius 2 is 1.72 bits per heavy atom. The molecular weight excluding hydrogens is 408 g/mol. The molecule has 8 nitrogen and oxygen atoms in total. The highest BCUT2D eigenvalue weighted by Crippen LogP contribution is 2.28. The summed E-state index contributed by atoms with van der Waals surface area (Å²) < 4.78 is 11.2. The van der Waals surface area contributed by atoms with Crippen LogP contribution in [0.2, 0.25) is 0 Å². The van der Waals surface area contributed by atoms with Gasteiger partial charge in [0.1, 0.15) is 0 Å². The van der Waals surface area contributed by atoms with Gasteiger partial charge in [0.25, 0.3) is 5.91 Å². The number of carbonyl (C=O) groups is 2. The summed E-state index contributed by atoms with van der Waals surface area (Å²) >= 11 is 0. The van der Waals surface area contributed by atoms with E-state index >= 15 is 0 Å². The maximum absolute atomic E-state index is 12.8. The van der Waals surface area contributed by atoms with Crippen molar-refractivity contribution >= 4 is 11.8 Å². The van der Waals surface area contributed by atoms with Crippen molar-refractivity contribution in [1.82, 2.24) is 20.5 Å². The number of oxazole rings is 1. The minimum atomic E-state index is -0.358. The second kappa shape index (κ2) is 10.7. The maximum Gasteiger partial charge on any atom is 0.252 e. The molecule has 0 aliphatic carbocycles. The highest BCUT2D eigenvalue weighted by molar-refractivity contribution is 6.01. The van der Waals surface area contributed by atoms with Crippen LogP contribution in [0.5, 0.6) is 0 Å². The summed E-state index contributed by atoms with van der Waals surface area (Å²) in [7, 11) is 0. The molecule has 1 aliphatic heterocycles. The molecule has 166 valence electrons. The van der Waals surface area contributed by atoms with Gasteiger partial charge in [0, 0.05) is 37.3 Å². The Hall–Kier alpha value is -3.49. The molecule has 2 heterocycles. The first kappa shape index (κ1) is 21.7. The standard InChI is InChI=1S/C24H26N4O4/c29-22(25-10-11-28-12-14-31-15-13-28)17-26-23(30)19-8-4-5-9-20(19)24-27-16-21(32-24)18-6-2-1-3-7-18/h1-9,16H,10-15,17H2,(H,25,29)(H,26,30). The summed E-state index contributed by atoms with van der Waals surface area (Å²) in [6, 6.07) is 16.7. The van der Waals surface area contributed by atoms with Crippen molar-refractivity contribution in [3.05, 3.63) is 66.4 Å². The molecule has 32 heavy (non-hydrogen) atoms. The summed E-state index contributed by atoms with van der Waals surface area (Å²) in [6.45, 7) is 4.38. The molecule has 1 aliphatic rings. The summed E-state index contributed by atoms with van der Waals surface area (Å²) in [6.07, 6.45) is 1.64. The SMILES string of the molecule is O=C(CNC(=O)c1ccccc1-c1ncc(-c2ccccc2)o1)NCCN1CCOCC1. The van der Waals surface area contributed by atoms with Gasteiger partial charge < -0.3 is 19.8 Å². The topological polar surface area (TPSA) is 96.7 Å². The van der Waals surface area contributed by atoms with Crippen LogP contribution in [0.15, 0.2) is 65.2 Å². The smallest absolute Gasteiger partial charge is 0.252 e. The number of nitrogens with one attached hydrogen (secondary N) is 2.